The number of nitrogens with zero attached hydrogens (tertiary/aromatic N) is 2. The average Bonchev–Trinajstić information content (AvgIpc) is 3.01. The summed E-state index contributed by atoms with van der Waals surface area (Å²) in [5.74, 6) is 3.70. The molecule has 0 bridgehead atoms. The topological polar surface area (TPSA) is 46.0 Å². The van der Waals surface area contributed by atoms with Crippen molar-refractivity contribution in [2.45, 2.75) is 65.4 Å². The van der Waals surface area contributed by atoms with Crippen molar-refractivity contribution in [3.63, 3.8) is 0 Å². The van der Waals surface area contributed by atoms with Crippen LogP contribution in [0.25, 0.3) is 5.57 Å². The third kappa shape index (κ3) is 2.43. The lowest BCUT2D eigenvalue weighted by molar-refractivity contribution is -0.0426. The van der Waals surface area contributed by atoms with Crippen molar-refractivity contribution in [1.29, 1.82) is 0 Å². The molecule has 0 spiro atoms. The SMILES string of the molecule is C[C@@H]1C=C2C[C@@H](O)CC[C@]2(C)[C@H]2CC[C@]3(C)C(c4ncccn4)=CC[C@H]3[C@H]12. The van der Waals surface area contributed by atoms with Crippen LogP contribution in [0.1, 0.15) is 65.1 Å². The van der Waals surface area contributed by atoms with E-state index in [1.807, 2.05) is 18.5 Å². The molecule has 3 heteroatoms. The van der Waals surface area contributed by atoms with Gasteiger partial charge in [0.25, 0.3) is 0 Å². The van der Waals surface area contributed by atoms with Crippen molar-refractivity contribution in [2.75, 3.05) is 0 Å². The normalized spacial score (nSPS) is 46.0. The summed E-state index contributed by atoms with van der Waals surface area (Å²) in [6.07, 6.45) is 15.3. The van der Waals surface area contributed by atoms with E-state index < -0.39 is 0 Å². The number of allylic oxidation sites excluding steroid dienone is 3. The Morgan fingerprint density at radius 1 is 1.04 bits per heavy atom. The fraction of sp³-hybridized carbons (Fsp3) is 0.667. The number of fused-ring (bicyclic) bond motifs is 5. The predicted octanol–water partition coefficient (Wildman–Crippen LogP) is 5.04. The van der Waals surface area contributed by atoms with Crippen molar-refractivity contribution in [3.05, 3.63) is 42.0 Å². The summed E-state index contributed by atoms with van der Waals surface area (Å²) in [7, 11) is 0. The van der Waals surface area contributed by atoms with Gasteiger partial charge in [0.05, 0.1) is 6.10 Å². The number of aliphatic hydroxyl groups excluding tert-OH is 1. The fourth-order valence-corrected chi connectivity index (χ4v) is 7.36. The zero-order chi connectivity index (χ0) is 18.8. The third-order valence-electron chi connectivity index (χ3n) is 8.80. The van der Waals surface area contributed by atoms with Gasteiger partial charge in [-0.3, -0.25) is 0 Å². The highest BCUT2D eigenvalue weighted by molar-refractivity contribution is 5.68. The molecule has 0 unspecified atom stereocenters. The molecule has 2 saturated carbocycles. The maximum Gasteiger partial charge on any atom is 0.155 e. The fourth-order valence-electron chi connectivity index (χ4n) is 7.36. The van der Waals surface area contributed by atoms with E-state index in [1.54, 1.807) is 5.57 Å². The van der Waals surface area contributed by atoms with Gasteiger partial charge in [-0.25, -0.2) is 9.97 Å². The Hall–Kier alpha value is -1.48. The van der Waals surface area contributed by atoms with Gasteiger partial charge in [-0.15, -0.1) is 0 Å². The Balaban J connectivity index is 1.52. The Kier molecular flexibility index (Phi) is 3.92. The second-order valence-corrected chi connectivity index (χ2v) is 10.0. The van der Waals surface area contributed by atoms with Crippen LogP contribution >= 0.6 is 0 Å². The van der Waals surface area contributed by atoms with Crippen molar-refractivity contribution < 1.29 is 5.11 Å². The van der Waals surface area contributed by atoms with Gasteiger partial charge in [-0.2, -0.15) is 0 Å². The Labute approximate surface area is 163 Å². The molecule has 4 aliphatic carbocycles. The molecular formula is C24H32N2O. The summed E-state index contributed by atoms with van der Waals surface area (Å²) in [6.45, 7) is 7.40. The molecule has 27 heavy (non-hydrogen) atoms. The molecule has 1 aromatic heterocycles. The van der Waals surface area contributed by atoms with E-state index in [4.69, 9.17) is 0 Å². The molecule has 1 aromatic rings. The smallest absolute Gasteiger partial charge is 0.155 e. The molecule has 2 fully saturated rings. The van der Waals surface area contributed by atoms with Crippen molar-refractivity contribution >= 4 is 5.57 Å². The Bertz CT molecular complexity index is 800. The maximum absolute atomic E-state index is 10.2. The highest BCUT2D eigenvalue weighted by Gasteiger charge is 2.58. The lowest BCUT2D eigenvalue weighted by Crippen LogP contribution is -2.52. The summed E-state index contributed by atoms with van der Waals surface area (Å²) in [5, 5.41) is 10.2. The number of aromatic nitrogens is 2. The highest BCUT2D eigenvalue weighted by Crippen LogP contribution is 2.67. The molecule has 0 saturated heterocycles. The first-order chi connectivity index (χ1) is 12.9. The van der Waals surface area contributed by atoms with E-state index >= 15 is 0 Å². The second-order valence-electron chi connectivity index (χ2n) is 10.0. The van der Waals surface area contributed by atoms with Crippen LogP contribution in [0.3, 0.4) is 0 Å². The molecular weight excluding hydrogens is 332 g/mol. The molecule has 0 radical (unpaired) electrons. The summed E-state index contributed by atoms with van der Waals surface area (Å²) >= 11 is 0. The number of rotatable bonds is 1. The monoisotopic (exact) mass is 364 g/mol. The molecule has 1 heterocycles. The lowest BCUT2D eigenvalue weighted by Gasteiger charge is -2.59. The molecule has 0 aliphatic heterocycles. The molecule has 1 N–H and O–H groups in total. The van der Waals surface area contributed by atoms with Crippen LogP contribution in [0.15, 0.2) is 36.2 Å². The zero-order valence-corrected chi connectivity index (χ0v) is 16.9. The van der Waals surface area contributed by atoms with Crippen molar-refractivity contribution in [3.8, 4) is 0 Å². The minimum absolute atomic E-state index is 0.128. The minimum atomic E-state index is -0.128. The quantitative estimate of drug-likeness (QED) is 0.710. The molecule has 0 aromatic carbocycles. The van der Waals surface area contributed by atoms with Crippen LogP contribution in [0.4, 0.5) is 0 Å². The van der Waals surface area contributed by atoms with Gasteiger partial charge < -0.3 is 5.11 Å². The van der Waals surface area contributed by atoms with E-state index in [9.17, 15) is 5.11 Å². The van der Waals surface area contributed by atoms with Crippen LogP contribution in [-0.2, 0) is 0 Å². The summed E-state index contributed by atoms with van der Waals surface area (Å²) < 4.78 is 0. The average molecular weight is 365 g/mol. The van der Waals surface area contributed by atoms with E-state index in [-0.39, 0.29) is 11.5 Å². The van der Waals surface area contributed by atoms with Crippen LogP contribution in [-0.4, -0.2) is 21.2 Å². The van der Waals surface area contributed by atoms with E-state index in [0.717, 1.165) is 43.3 Å². The molecule has 144 valence electrons. The molecule has 3 nitrogen and oxygen atoms in total. The number of hydrogen-bond acceptors (Lipinski definition) is 3. The first-order valence-electron chi connectivity index (χ1n) is 10.8. The molecule has 4 aliphatic rings. The highest BCUT2D eigenvalue weighted by atomic mass is 16.3. The minimum Gasteiger partial charge on any atom is -0.393 e. The predicted molar refractivity (Wildman–Crippen MR) is 108 cm³/mol. The van der Waals surface area contributed by atoms with Gasteiger partial charge in [-0.1, -0.05) is 38.5 Å². The zero-order valence-electron chi connectivity index (χ0n) is 16.9. The van der Waals surface area contributed by atoms with Gasteiger partial charge in [-0.05, 0) is 84.7 Å². The number of hydrogen-bond donors (Lipinski definition) is 1. The van der Waals surface area contributed by atoms with Crippen LogP contribution in [0.2, 0.25) is 0 Å². The van der Waals surface area contributed by atoms with Crippen LogP contribution < -0.4 is 0 Å². The van der Waals surface area contributed by atoms with Crippen LogP contribution in [0, 0.1) is 34.5 Å². The second kappa shape index (κ2) is 6.01. The van der Waals surface area contributed by atoms with Gasteiger partial charge in [0.2, 0.25) is 0 Å². The van der Waals surface area contributed by atoms with Crippen molar-refractivity contribution in [1.82, 2.24) is 9.97 Å². The Morgan fingerprint density at radius 3 is 2.56 bits per heavy atom. The standard InChI is InChI=1S/C24H32N2O/c1-15-13-16-14-17(27)7-9-23(16,2)19-8-10-24(3)18(21(15)19)5-6-20(24)22-25-11-4-12-26-22/h4,6,11-13,15,17-19,21,27H,5,7-10,14H2,1-3H3/t15-,17+,18+,19+,21+,23+,24+/m1/s1. The van der Waals surface area contributed by atoms with Gasteiger partial charge in [0.15, 0.2) is 5.82 Å². The van der Waals surface area contributed by atoms with Crippen LogP contribution in [0.5, 0.6) is 0 Å². The summed E-state index contributed by atoms with van der Waals surface area (Å²) in [6, 6.07) is 1.91. The summed E-state index contributed by atoms with van der Waals surface area (Å²) in [4.78, 5) is 9.18. The maximum atomic E-state index is 10.2. The van der Waals surface area contributed by atoms with Gasteiger partial charge in [0.1, 0.15) is 0 Å². The first-order valence-corrected chi connectivity index (χ1v) is 10.8. The summed E-state index contributed by atoms with van der Waals surface area (Å²) in [5.41, 5.74) is 3.44. The largest absolute Gasteiger partial charge is 0.393 e. The van der Waals surface area contributed by atoms with Gasteiger partial charge >= 0.3 is 0 Å². The molecule has 5 rings (SSSR count). The van der Waals surface area contributed by atoms with E-state index in [0.29, 0.717) is 17.3 Å². The van der Waals surface area contributed by atoms with E-state index in [2.05, 4.69) is 42.9 Å². The first kappa shape index (κ1) is 17.6. The van der Waals surface area contributed by atoms with Gasteiger partial charge in [0, 0.05) is 12.4 Å². The van der Waals surface area contributed by atoms with E-state index in [1.165, 1.54) is 18.4 Å². The lowest BCUT2D eigenvalue weighted by atomic mass is 9.45. The Morgan fingerprint density at radius 2 is 1.78 bits per heavy atom. The molecule has 0 amide bonds. The van der Waals surface area contributed by atoms with Crippen molar-refractivity contribution in [2.24, 2.45) is 34.5 Å². The molecule has 7 atom stereocenters. The number of aliphatic hydroxyl groups is 1. The third-order valence-corrected chi connectivity index (χ3v) is 8.80.